The first-order valence-corrected chi connectivity index (χ1v) is 11.1. The smallest absolute Gasteiger partial charge is 0.261 e. The molecule has 0 saturated carbocycles. The van der Waals surface area contributed by atoms with Gasteiger partial charge < -0.3 is 10.1 Å². The number of sulfonamides is 1. The van der Waals surface area contributed by atoms with E-state index >= 15 is 0 Å². The molecular weight excluding hydrogens is 424 g/mol. The van der Waals surface area contributed by atoms with Gasteiger partial charge in [-0.3, -0.25) is 9.52 Å². The number of amides is 1. The Balaban J connectivity index is 1.71. The maximum Gasteiger partial charge on any atom is 0.261 e. The Morgan fingerprint density at radius 3 is 2.27 bits per heavy atom. The third-order valence-corrected chi connectivity index (χ3v) is 5.91. The van der Waals surface area contributed by atoms with Crippen LogP contribution in [0.3, 0.4) is 0 Å². The van der Waals surface area contributed by atoms with Gasteiger partial charge in [0.1, 0.15) is 5.75 Å². The Morgan fingerprint density at radius 1 is 1.00 bits per heavy atom. The highest BCUT2D eigenvalue weighted by molar-refractivity contribution is 7.92. The fourth-order valence-electron chi connectivity index (χ4n) is 2.75. The molecule has 0 spiro atoms. The van der Waals surface area contributed by atoms with Crippen molar-refractivity contribution < 1.29 is 17.9 Å². The highest BCUT2D eigenvalue weighted by Crippen LogP contribution is 2.22. The molecule has 0 aliphatic rings. The molecule has 0 aromatic heterocycles. The maximum absolute atomic E-state index is 12.6. The first kappa shape index (κ1) is 21.7. The molecule has 156 valence electrons. The molecule has 0 aliphatic carbocycles. The topological polar surface area (TPSA) is 84.5 Å². The van der Waals surface area contributed by atoms with Gasteiger partial charge in [0.25, 0.3) is 15.9 Å². The van der Waals surface area contributed by atoms with Gasteiger partial charge in [0.05, 0.1) is 11.5 Å². The Labute approximate surface area is 180 Å². The number of carbonyl (C=O) groups is 1. The molecule has 8 heteroatoms. The number of ether oxygens (including phenoxy) is 1. The summed E-state index contributed by atoms with van der Waals surface area (Å²) >= 11 is 5.93. The summed E-state index contributed by atoms with van der Waals surface area (Å²) in [6, 6.07) is 17.5. The predicted molar refractivity (Wildman–Crippen MR) is 119 cm³/mol. The molecule has 0 bridgehead atoms. The van der Waals surface area contributed by atoms with Crippen molar-refractivity contribution in [3.05, 3.63) is 82.9 Å². The van der Waals surface area contributed by atoms with E-state index in [0.29, 0.717) is 34.3 Å². The predicted octanol–water partition coefficient (Wildman–Crippen LogP) is 5.10. The minimum absolute atomic E-state index is 0.0515. The lowest BCUT2D eigenvalue weighted by Gasteiger charge is -2.11. The highest BCUT2D eigenvalue weighted by Gasteiger charge is 2.16. The molecule has 0 radical (unpaired) electrons. The van der Waals surface area contributed by atoms with Gasteiger partial charge in [-0.15, -0.1) is 0 Å². The van der Waals surface area contributed by atoms with Crippen molar-refractivity contribution >= 4 is 38.9 Å². The van der Waals surface area contributed by atoms with Crippen LogP contribution in [0.5, 0.6) is 5.75 Å². The standard InChI is InChI=1S/C22H21ClN2O4S/c1-3-29-19-9-7-18(8-10-19)25-30(27,28)20-11-4-16(5-12-20)22(26)24-21-13-6-17(23)14-15(21)2/h4-14,25H,3H2,1-2H3,(H,24,26). The van der Waals surface area contributed by atoms with Gasteiger partial charge in [-0.2, -0.15) is 0 Å². The molecule has 1 amide bonds. The van der Waals surface area contributed by atoms with Crippen LogP contribution in [0.2, 0.25) is 5.02 Å². The number of halogens is 1. The van der Waals surface area contributed by atoms with Gasteiger partial charge in [-0.1, -0.05) is 11.6 Å². The quantitative estimate of drug-likeness (QED) is 0.531. The zero-order valence-corrected chi connectivity index (χ0v) is 18.0. The molecule has 3 rings (SSSR count). The van der Waals surface area contributed by atoms with Crippen LogP contribution in [0.4, 0.5) is 11.4 Å². The second-order valence-corrected chi connectivity index (χ2v) is 8.62. The van der Waals surface area contributed by atoms with Crippen molar-refractivity contribution in [1.82, 2.24) is 0 Å². The van der Waals surface area contributed by atoms with Crippen molar-refractivity contribution in [3.8, 4) is 5.75 Å². The summed E-state index contributed by atoms with van der Waals surface area (Å²) in [5.41, 5.74) is 2.22. The van der Waals surface area contributed by atoms with E-state index in [1.165, 1.54) is 24.3 Å². The summed E-state index contributed by atoms with van der Waals surface area (Å²) in [7, 11) is -3.79. The number of benzene rings is 3. The number of anilines is 2. The SMILES string of the molecule is CCOc1ccc(NS(=O)(=O)c2ccc(C(=O)Nc3ccc(Cl)cc3C)cc2)cc1. The normalized spacial score (nSPS) is 11.0. The van der Waals surface area contributed by atoms with Gasteiger partial charge in [0.15, 0.2) is 0 Å². The second-order valence-electron chi connectivity index (χ2n) is 6.50. The summed E-state index contributed by atoms with van der Waals surface area (Å²) in [6.07, 6.45) is 0. The molecule has 2 N–H and O–H groups in total. The van der Waals surface area contributed by atoms with Crippen LogP contribution in [-0.4, -0.2) is 20.9 Å². The van der Waals surface area contributed by atoms with Crippen molar-refractivity contribution in [1.29, 1.82) is 0 Å². The third kappa shape index (κ3) is 5.31. The molecule has 0 unspecified atom stereocenters. The van der Waals surface area contributed by atoms with Gasteiger partial charge in [-0.25, -0.2) is 8.42 Å². The summed E-state index contributed by atoms with van der Waals surface area (Å²) in [5, 5.41) is 3.38. The van der Waals surface area contributed by atoms with Gasteiger partial charge in [-0.05, 0) is 86.1 Å². The number of rotatable bonds is 7. The van der Waals surface area contributed by atoms with E-state index in [9.17, 15) is 13.2 Å². The fourth-order valence-corrected chi connectivity index (χ4v) is 4.03. The van der Waals surface area contributed by atoms with Crippen molar-refractivity contribution in [2.45, 2.75) is 18.7 Å². The van der Waals surface area contributed by atoms with Gasteiger partial charge in [0.2, 0.25) is 0 Å². The molecule has 30 heavy (non-hydrogen) atoms. The van der Waals surface area contributed by atoms with Crippen LogP contribution in [0.1, 0.15) is 22.8 Å². The van der Waals surface area contributed by atoms with Crippen LogP contribution in [0.15, 0.2) is 71.6 Å². The summed E-state index contributed by atoms with van der Waals surface area (Å²) < 4.78 is 33.1. The van der Waals surface area contributed by atoms with Crippen molar-refractivity contribution in [2.75, 3.05) is 16.6 Å². The van der Waals surface area contributed by atoms with Crippen molar-refractivity contribution in [2.24, 2.45) is 0 Å². The van der Waals surface area contributed by atoms with Gasteiger partial charge in [0, 0.05) is 22.0 Å². The average Bonchev–Trinajstić information content (AvgIpc) is 2.71. The lowest BCUT2D eigenvalue weighted by Crippen LogP contribution is -2.15. The number of nitrogens with one attached hydrogen (secondary N) is 2. The van der Waals surface area contributed by atoms with Crippen molar-refractivity contribution in [3.63, 3.8) is 0 Å². The lowest BCUT2D eigenvalue weighted by molar-refractivity contribution is 0.102. The van der Waals surface area contributed by atoms with E-state index in [4.69, 9.17) is 16.3 Å². The Hall–Kier alpha value is -3.03. The Kier molecular flexibility index (Phi) is 6.64. The molecule has 0 aliphatic heterocycles. The number of hydrogen-bond acceptors (Lipinski definition) is 4. The monoisotopic (exact) mass is 444 g/mol. The first-order chi connectivity index (χ1) is 14.3. The van der Waals surface area contributed by atoms with E-state index in [0.717, 1.165) is 5.56 Å². The number of hydrogen-bond donors (Lipinski definition) is 2. The molecule has 0 saturated heterocycles. The van der Waals surface area contributed by atoms with E-state index in [1.807, 2.05) is 13.8 Å². The maximum atomic E-state index is 12.6. The number of aryl methyl sites for hydroxylation is 1. The van der Waals surface area contributed by atoms with Crippen LogP contribution in [0, 0.1) is 6.92 Å². The Bertz CT molecular complexity index is 1140. The summed E-state index contributed by atoms with van der Waals surface area (Å²) in [5.74, 6) is 0.315. The van der Waals surface area contributed by atoms with E-state index in [-0.39, 0.29) is 10.8 Å². The molecule has 0 fully saturated rings. The van der Waals surface area contributed by atoms with Crippen LogP contribution in [0.25, 0.3) is 0 Å². The minimum atomic E-state index is -3.79. The average molecular weight is 445 g/mol. The molecule has 6 nitrogen and oxygen atoms in total. The molecule has 0 atom stereocenters. The second kappa shape index (κ2) is 9.19. The van der Waals surface area contributed by atoms with Gasteiger partial charge >= 0.3 is 0 Å². The summed E-state index contributed by atoms with van der Waals surface area (Å²) in [6.45, 7) is 4.24. The highest BCUT2D eigenvalue weighted by atomic mass is 35.5. The van der Waals surface area contributed by atoms with Crippen LogP contribution < -0.4 is 14.8 Å². The fraction of sp³-hybridized carbons (Fsp3) is 0.136. The molecular formula is C22H21ClN2O4S. The summed E-state index contributed by atoms with van der Waals surface area (Å²) in [4.78, 5) is 12.5. The van der Waals surface area contributed by atoms with E-state index < -0.39 is 10.0 Å². The zero-order valence-electron chi connectivity index (χ0n) is 16.5. The van der Waals surface area contributed by atoms with Crippen LogP contribution in [-0.2, 0) is 10.0 Å². The minimum Gasteiger partial charge on any atom is -0.494 e. The third-order valence-electron chi connectivity index (χ3n) is 4.28. The lowest BCUT2D eigenvalue weighted by atomic mass is 10.1. The largest absolute Gasteiger partial charge is 0.494 e. The number of carbonyl (C=O) groups excluding carboxylic acids is 1. The van der Waals surface area contributed by atoms with E-state index in [1.54, 1.807) is 42.5 Å². The molecule has 3 aromatic rings. The molecule has 0 heterocycles. The van der Waals surface area contributed by atoms with E-state index in [2.05, 4.69) is 10.0 Å². The zero-order chi connectivity index (χ0) is 21.7. The van der Waals surface area contributed by atoms with Crippen LogP contribution >= 0.6 is 11.6 Å². The molecule has 3 aromatic carbocycles. The first-order valence-electron chi connectivity index (χ1n) is 9.22. The Morgan fingerprint density at radius 2 is 1.67 bits per heavy atom.